The van der Waals surface area contributed by atoms with Gasteiger partial charge in [0, 0.05) is 18.4 Å². The summed E-state index contributed by atoms with van der Waals surface area (Å²) in [6.45, 7) is 5.85. The first-order valence-electron chi connectivity index (χ1n) is 9.68. The summed E-state index contributed by atoms with van der Waals surface area (Å²) in [7, 11) is 0. The standard InChI is InChI=1S/C20H21N3O5S/c1-20(2,3)28-19(26)22-11-4-5-12(24)16(11)23(18(22)25)17-21-15-10-8-9-27-13(10)6-7-14(15)29-17/h6-7,11,16H,4-5,8-9H2,1-3H3/t11-,16-/m0/s1. The number of fused-ring (bicyclic) bond motifs is 4. The Balaban J connectivity index is 1.56. The maximum absolute atomic E-state index is 13.2. The first kappa shape index (κ1) is 18.4. The predicted octanol–water partition coefficient (Wildman–Crippen LogP) is 3.51. The fourth-order valence-electron chi connectivity index (χ4n) is 4.26. The van der Waals surface area contributed by atoms with Crippen LogP contribution in [0.4, 0.5) is 14.7 Å². The van der Waals surface area contributed by atoms with Crippen LogP contribution in [0, 0.1) is 0 Å². The van der Waals surface area contributed by atoms with Crippen molar-refractivity contribution in [2.24, 2.45) is 0 Å². The van der Waals surface area contributed by atoms with Crippen molar-refractivity contribution in [3.8, 4) is 5.75 Å². The van der Waals surface area contributed by atoms with Crippen LogP contribution in [0.25, 0.3) is 10.2 Å². The number of Topliss-reactive ketones (excluding diaryl/α,β-unsaturated/α-hetero) is 1. The average Bonchev–Trinajstić information content (AvgIpc) is 3.36. The topological polar surface area (TPSA) is 89.0 Å². The lowest BCUT2D eigenvalue weighted by atomic mass is 10.1. The van der Waals surface area contributed by atoms with Crippen molar-refractivity contribution in [2.75, 3.05) is 11.5 Å². The largest absolute Gasteiger partial charge is 0.493 e. The van der Waals surface area contributed by atoms with Crippen LogP contribution in [0.5, 0.6) is 5.75 Å². The van der Waals surface area contributed by atoms with Crippen molar-refractivity contribution in [1.29, 1.82) is 0 Å². The number of nitrogens with zero attached hydrogens (tertiary/aromatic N) is 3. The number of benzene rings is 1. The Kier molecular flexibility index (Phi) is 3.90. The molecule has 0 bridgehead atoms. The number of amides is 3. The molecule has 2 atom stereocenters. The second kappa shape index (κ2) is 6.16. The number of hydrogen-bond donors (Lipinski definition) is 0. The van der Waals surface area contributed by atoms with Crippen LogP contribution in [-0.4, -0.2) is 52.1 Å². The highest BCUT2D eigenvalue weighted by Gasteiger charge is 2.57. The highest BCUT2D eigenvalue weighted by molar-refractivity contribution is 7.22. The molecule has 1 saturated carbocycles. The summed E-state index contributed by atoms with van der Waals surface area (Å²) in [6.07, 6.45) is 0.815. The molecule has 9 heteroatoms. The molecule has 5 rings (SSSR count). The number of urea groups is 1. The lowest BCUT2D eigenvalue weighted by Gasteiger charge is -2.25. The quantitative estimate of drug-likeness (QED) is 0.708. The Morgan fingerprint density at radius 1 is 1.28 bits per heavy atom. The summed E-state index contributed by atoms with van der Waals surface area (Å²) in [6, 6.07) is 2.05. The Bertz CT molecular complexity index is 1060. The number of imide groups is 1. The third kappa shape index (κ3) is 2.78. The van der Waals surface area contributed by atoms with Crippen molar-refractivity contribution in [3.63, 3.8) is 0 Å². The number of rotatable bonds is 1. The van der Waals surface area contributed by atoms with Crippen LogP contribution in [0.1, 0.15) is 39.2 Å². The molecule has 0 radical (unpaired) electrons. The van der Waals surface area contributed by atoms with Gasteiger partial charge in [-0.2, -0.15) is 0 Å². The van der Waals surface area contributed by atoms with Gasteiger partial charge < -0.3 is 9.47 Å². The van der Waals surface area contributed by atoms with Crippen molar-refractivity contribution in [2.45, 2.75) is 57.7 Å². The highest BCUT2D eigenvalue weighted by Crippen LogP contribution is 2.42. The lowest BCUT2D eigenvalue weighted by molar-refractivity contribution is -0.118. The summed E-state index contributed by atoms with van der Waals surface area (Å²) >= 11 is 1.35. The molecule has 1 aromatic heterocycles. The number of thiazole rings is 1. The number of carbonyl (C=O) groups excluding carboxylic acids is 3. The minimum Gasteiger partial charge on any atom is -0.493 e. The molecule has 0 unspecified atom stereocenters. The van der Waals surface area contributed by atoms with Gasteiger partial charge in [-0.05, 0) is 39.3 Å². The molecule has 2 aliphatic heterocycles. The molecule has 152 valence electrons. The van der Waals surface area contributed by atoms with E-state index in [4.69, 9.17) is 14.5 Å². The summed E-state index contributed by atoms with van der Waals surface area (Å²) in [5.41, 5.74) is 1.08. The fraction of sp³-hybridized carbons (Fsp3) is 0.500. The zero-order chi connectivity index (χ0) is 20.5. The minimum absolute atomic E-state index is 0.0535. The predicted molar refractivity (Wildman–Crippen MR) is 107 cm³/mol. The number of ketones is 1. The summed E-state index contributed by atoms with van der Waals surface area (Å²) in [4.78, 5) is 45.8. The van der Waals surface area contributed by atoms with Crippen LogP contribution in [0.2, 0.25) is 0 Å². The first-order valence-corrected chi connectivity index (χ1v) is 10.5. The first-order chi connectivity index (χ1) is 13.7. The zero-order valence-electron chi connectivity index (χ0n) is 16.4. The molecule has 1 aromatic carbocycles. The number of carbonyl (C=O) groups is 3. The van der Waals surface area contributed by atoms with E-state index >= 15 is 0 Å². The van der Waals surface area contributed by atoms with Gasteiger partial charge in [-0.15, -0.1) is 0 Å². The second-order valence-electron chi connectivity index (χ2n) is 8.50. The van der Waals surface area contributed by atoms with E-state index in [0.29, 0.717) is 24.6 Å². The van der Waals surface area contributed by atoms with Gasteiger partial charge in [0.2, 0.25) is 0 Å². The van der Waals surface area contributed by atoms with Gasteiger partial charge in [-0.1, -0.05) is 11.3 Å². The maximum Gasteiger partial charge on any atom is 0.418 e. The number of hydrogen-bond acceptors (Lipinski definition) is 7. The van der Waals surface area contributed by atoms with Gasteiger partial charge in [-0.3, -0.25) is 9.69 Å². The molecule has 0 N–H and O–H groups in total. The molecule has 2 aromatic rings. The van der Waals surface area contributed by atoms with Gasteiger partial charge >= 0.3 is 12.1 Å². The second-order valence-corrected chi connectivity index (χ2v) is 9.51. The molecule has 3 heterocycles. The smallest absolute Gasteiger partial charge is 0.418 e. The molecule has 1 aliphatic carbocycles. The van der Waals surface area contributed by atoms with Gasteiger partial charge in [0.25, 0.3) is 0 Å². The Labute approximate surface area is 171 Å². The SMILES string of the molecule is CC(C)(C)OC(=O)N1C(=O)N(c2nc3c4c(ccc3s2)OCC4)[C@@H]2C(=O)CC[C@@H]21. The van der Waals surface area contributed by atoms with E-state index in [9.17, 15) is 14.4 Å². The molecule has 8 nitrogen and oxygen atoms in total. The highest BCUT2D eigenvalue weighted by atomic mass is 32.1. The number of anilines is 1. The van der Waals surface area contributed by atoms with Crippen molar-refractivity contribution >= 4 is 44.6 Å². The molecule has 29 heavy (non-hydrogen) atoms. The van der Waals surface area contributed by atoms with Crippen molar-refractivity contribution < 1.29 is 23.9 Å². The van der Waals surface area contributed by atoms with Crippen LogP contribution in [0.15, 0.2) is 12.1 Å². The fourth-order valence-corrected chi connectivity index (χ4v) is 5.29. The van der Waals surface area contributed by atoms with Crippen LogP contribution in [0.3, 0.4) is 0 Å². The van der Waals surface area contributed by atoms with E-state index in [1.807, 2.05) is 12.1 Å². The van der Waals surface area contributed by atoms with Gasteiger partial charge in [-0.25, -0.2) is 19.5 Å². The summed E-state index contributed by atoms with van der Waals surface area (Å²) < 4.78 is 12.0. The van der Waals surface area contributed by atoms with Crippen molar-refractivity contribution in [1.82, 2.24) is 9.88 Å². The van der Waals surface area contributed by atoms with E-state index < -0.39 is 29.8 Å². The monoisotopic (exact) mass is 415 g/mol. The van der Waals surface area contributed by atoms with E-state index in [-0.39, 0.29) is 5.78 Å². The third-order valence-electron chi connectivity index (χ3n) is 5.42. The third-order valence-corrected chi connectivity index (χ3v) is 6.44. The average molecular weight is 415 g/mol. The van der Waals surface area contributed by atoms with Gasteiger partial charge in [0.1, 0.15) is 17.4 Å². The van der Waals surface area contributed by atoms with Crippen molar-refractivity contribution in [3.05, 3.63) is 17.7 Å². The van der Waals surface area contributed by atoms with E-state index in [1.165, 1.54) is 16.2 Å². The molecule has 2 fully saturated rings. The lowest BCUT2D eigenvalue weighted by Crippen LogP contribution is -2.43. The molecule has 1 saturated heterocycles. The molecular weight excluding hydrogens is 394 g/mol. The van der Waals surface area contributed by atoms with Gasteiger partial charge in [0.15, 0.2) is 10.9 Å². The van der Waals surface area contributed by atoms with Crippen LogP contribution >= 0.6 is 11.3 Å². The van der Waals surface area contributed by atoms with E-state index in [0.717, 1.165) is 32.9 Å². The Hall–Kier alpha value is -2.68. The summed E-state index contributed by atoms with van der Waals surface area (Å²) in [5.74, 6) is 0.759. The molecule has 0 spiro atoms. The normalized spacial score (nSPS) is 23.6. The Morgan fingerprint density at radius 3 is 2.83 bits per heavy atom. The molecule has 3 aliphatic rings. The number of aromatic nitrogens is 1. The zero-order valence-corrected chi connectivity index (χ0v) is 17.2. The minimum atomic E-state index is -0.737. The molecule has 3 amide bonds. The summed E-state index contributed by atoms with van der Waals surface area (Å²) in [5, 5.41) is 0.432. The van der Waals surface area contributed by atoms with Gasteiger partial charge in [0.05, 0.1) is 22.9 Å². The van der Waals surface area contributed by atoms with Crippen LogP contribution in [-0.2, 0) is 16.0 Å². The molecular formula is C20H21N3O5S. The Morgan fingerprint density at radius 2 is 2.07 bits per heavy atom. The van der Waals surface area contributed by atoms with E-state index in [1.54, 1.807) is 20.8 Å². The van der Waals surface area contributed by atoms with Crippen LogP contribution < -0.4 is 9.64 Å². The number of ether oxygens (including phenoxy) is 2. The maximum atomic E-state index is 13.2. The van der Waals surface area contributed by atoms with E-state index in [2.05, 4.69) is 0 Å².